The molecule has 0 bridgehead atoms. The molecule has 0 saturated heterocycles. The van der Waals surface area contributed by atoms with Gasteiger partial charge < -0.3 is 0 Å². The van der Waals surface area contributed by atoms with Crippen molar-refractivity contribution in [1.82, 2.24) is 9.19 Å². The zero-order valence-electron chi connectivity index (χ0n) is 9.68. The van der Waals surface area contributed by atoms with E-state index in [1.807, 2.05) is 0 Å². The highest BCUT2D eigenvalue weighted by Crippen LogP contribution is 2.27. The van der Waals surface area contributed by atoms with Crippen LogP contribution in [0.3, 0.4) is 0 Å². The summed E-state index contributed by atoms with van der Waals surface area (Å²) in [5, 5.41) is 4.35. The molecule has 1 heterocycles. The smallest absolute Gasteiger partial charge is 0.199 e. The largest absolute Gasteiger partial charge is 0.284 e. The molecule has 2 rings (SSSR count). The first-order valence-electron chi connectivity index (χ1n) is 5.06. The Morgan fingerprint density at radius 2 is 1.94 bits per heavy atom. The third-order valence-electron chi connectivity index (χ3n) is 2.37. The summed E-state index contributed by atoms with van der Waals surface area (Å²) in [5.74, 6) is 0. The van der Waals surface area contributed by atoms with Gasteiger partial charge in [-0.05, 0) is 54.0 Å². The highest BCUT2D eigenvalue weighted by atomic mass is 79.9. The van der Waals surface area contributed by atoms with Gasteiger partial charge in [0.1, 0.15) is 4.90 Å². The lowest BCUT2D eigenvalue weighted by atomic mass is 10.4. The maximum atomic E-state index is 12.5. The van der Waals surface area contributed by atoms with E-state index in [2.05, 4.69) is 21.0 Å². The summed E-state index contributed by atoms with van der Waals surface area (Å²) in [6.07, 6.45) is 0. The fourth-order valence-electron chi connectivity index (χ4n) is 1.62. The van der Waals surface area contributed by atoms with Gasteiger partial charge in [-0.1, -0.05) is 11.6 Å². The van der Waals surface area contributed by atoms with E-state index in [-0.39, 0.29) is 4.90 Å². The van der Waals surface area contributed by atoms with Crippen LogP contribution >= 0.6 is 27.5 Å². The zero-order valence-corrected chi connectivity index (χ0v) is 12.8. The van der Waals surface area contributed by atoms with Crippen LogP contribution in [-0.2, 0) is 10.0 Å². The Morgan fingerprint density at radius 3 is 2.50 bits per heavy atom. The molecular weight excluding hydrogens is 340 g/mol. The molecule has 18 heavy (non-hydrogen) atoms. The molecule has 2 aromatic rings. The molecule has 0 aliphatic carbocycles. The van der Waals surface area contributed by atoms with Crippen LogP contribution < -0.4 is 0 Å². The molecule has 96 valence electrons. The summed E-state index contributed by atoms with van der Waals surface area (Å²) in [6.45, 7) is 3.43. The second-order valence-electron chi connectivity index (χ2n) is 3.85. The molecule has 0 N–H and O–H groups in total. The molecule has 0 saturated carbocycles. The molecule has 0 spiro atoms. The monoisotopic (exact) mass is 348 g/mol. The topological polar surface area (TPSA) is 52.0 Å². The number of aromatic nitrogens is 2. The predicted molar refractivity (Wildman–Crippen MR) is 73.4 cm³/mol. The van der Waals surface area contributed by atoms with Crippen molar-refractivity contribution in [2.75, 3.05) is 0 Å². The summed E-state index contributed by atoms with van der Waals surface area (Å²) >= 11 is 9.06. The zero-order chi connectivity index (χ0) is 13.5. The van der Waals surface area contributed by atoms with Crippen LogP contribution in [0.25, 0.3) is 0 Å². The van der Waals surface area contributed by atoms with Gasteiger partial charge >= 0.3 is 0 Å². The molecule has 1 aromatic heterocycles. The van der Waals surface area contributed by atoms with E-state index in [4.69, 9.17) is 11.6 Å². The van der Waals surface area contributed by atoms with Gasteiger partial charge in [0, 0.05) is 9.50 Å². The number of hydrogen-bond acceptors (Lipinski definition) is 3. The minimum absolute atomic E-state index is 0.0983. The molecule has 0 atom stereocenters. The second-order valence-corrected chi connectivity index (χ2v) is 6.88. The Morgan fingerprint density at radius 1 is 1.28 bits per heavy atom. The van der Waals surface area contributed by atoms with Gasteiger partial charge in [0.25, 0.3) is 10.0 Å². The Hall–Kier alpha value is -0.850. The standard InChI is InChI=1S/C11H10BrClN2O2S/c1-7-5-8(2)15(14-7)18(16,17)11-6-9(13)3-4-10(11)12/h3-6H,1-2H3. The Balaban J connectivity index is 2.69. The number of hydrogen-bond donors (Lipinski definition) is 0. The lowest BCUT2D eigenvalue weighted by Gasteiger charge is -2.08. The minimum Gasteiger partial charge on any atom is -0.199 e. The van der Waals surface area contributed by atoms with Crippen LogP contribution in [0.4, 0.5) is 0 Å². The first-order chi connectivity index (χ1) is 8.32. The predicted octanol–water partition coefficient (Wildman–Crippen LogP) is 3.15. The van der Waals surface area contributed by atoms with Crippen molar-refractivity contribution in [3.05, 3.63) is 45.1 Å². The lowest BCUT2D eigenvalue weighted by molar-refractivity contribution is 0.577. The van der Waals surface area contributed by atoms with E-state index in [1.54, 1.807) is 32.0 Å². The maximum Gasteiger partial charge on any atom is 0.284 e. The minimum atomic E-state index is -3.73. The molecule has 0 aliphatic heterocycles. The Kier molecular flexibility index (Phi) is 3.53. The van der Waals surface area contributed by atoms with Crippen LogP contribution in [0, 0.1) is 13.8 Å². The van der Waals surface area contributed by atoms with Crippen LogP contribution in [0.5, 0.6) is 0 Å². The number of rotatable bonds is 2. The summed E-state index contributed by atoms with van der Waals surface area (Å²) in [4.78, 5) is 0.0983. The van der Waals surface area contributed by atoms with Crippen molar-refractivity contribution in [3.63, 3.8) is 0 Å². The van der Waals surface area contributed by atoms with E-state index < -0.39 is 10.0 Å². The molecule has 1 aromatic carbocycles. The SMILES string of the molecule is Cc1cc(C)n(S(=O)(=O)c2cc(Cl)ccc2Br)n1. The number of halogens is 2. The molecule has 0 amide bonds. The highest BCUT2D eigenvalue weighted by Gasteiger charge is 2.23. The molecule has 7 heteroatoms. The van der Waals surface area contributed by atoms with Crippen LogP contribution in [0.1, 0.15) is 11.4 Å². The number of nitrogens with zero attached hydrogens (tertiary/aromatic N) is 2. The van der Waals surface area contributed by atoms with E-state index in [9.17, 15) is 8.42 Å². The van der Waals surface area contributed by atoms with Gasteiger partial charge in [0.2, 0.25) is 0 Å². The van der Waals surface area contributed by atoms with Gasteiger partial charge in [-0.2, -0.15) is 17.6 Å². The van der Waals surface area contributed by atoms with Crippen molar-refractivity contribution in [1.29, 1.82) is 0 Å². The van der Waals surface area contributed by atoms with Gasteiger partial charge in [-0.25, -0.2) is 0 Å². The highest BCUT2D eigenvalue weighted by molar-refractivity contribution is 9.10. The lowest BCUT2D eigenvalue weighted by Crippen LogP contribution is -2.16. The Bertz CT molecular complexity index is 710. The number of aryl methyl sites for hydroxylation is 2. The van der Waals surface area contributed by atoms with Gasteiger partial charge in [-0.3, -0.25) is 0 Å². The maximum absolute atomic E-state index is 12.5. The third kappa shape index (κ3) is 2.32. The third-order valence-corrected chi connectivity index (χ3v) is 5.27. The molecular formula is C11H10BrClN2O2S. The summed E-state index contributed by atoms with van der Waals surface area (Å²) in [5.41, 5.74) is 1.20. The summed E-state index contributed by atoms with van der Waals surface area (Å²) < 4.78 is 26.4. The van der Waals surface area contributed by atoms with Gasteiger partial charge in [0.05, 0.1) is 11.4 Å². The van der Waals surface area contributed by atoms with E-state index in [1.165, 1.54) is 6.07 Å². The molecule has 0 unspecified atom stereocenters. The first kappa shape index (κ1) is 13.6. The fourth-order valence-corrected chi connectivity index (χ4v) is 4.16. The van der Waals surface area contributed by atoms with Crippen molar-refractivity contribution >= 4 is 37.6 Å². The average molecular weight is 350 g/mol. The summed E-state index contributed by atoms with van der Waals surface area (Å²) in [6, 6.07) is 6.32. The van der Waals surface area contributed by atoms with E-state index in [0.29, 0.717) is 20.9 Å². The van der Waals surface area contributed by atoms with Crippen LogP contribution in [0.2, 0.25) is 5.02 Å². The molecule has 0 fully saturated rings. The van der Waals surface area contributed by atoms with Crippen molar-refractivity contribution in [2.24, 2.45) is 0 Å². The van der Waals surface area contributed by atoms with Crippen LogP contribution in [-0.4, -0.2) is 17.6 Å². The van der Waals surface area contributed by atoms with Gasteiger partial charge in [0.15, 0.2) is 0 Å². The van der Waals surface area contributed by atoms with E-state index >= 15 is 0 Å². The average Bonchev–Trinajstić information content (AvgIpc) is 2.62. The summed E-state index contributed by atoms with van der Waals surface area (Å²) in [7, 11) is -3.73. The molecule has 0 radical (unpaired) electrons. The molecule has 0 aliphatic rings. The van der Waals surface area contributed by atoms with E-state index in [0.717, 1.165) is 4.09 Å². The van der Waals surface area contributed by atoms with Crippen molar-refractivity contribution in [3.8, 4) is 0 Å². The second kappa shape index (κ2) is 4.68. The van der Waals surface area contributed by atoms with Gasteiger partial charge in [-0.15, -0.1) is 0 Å². The Labute approximate surface area is 119 Å². The first-order valence-corrected chi connectivity index (χ1v) is 7.67. The van der Waals surface area contributed by atoms with Crippen molar-refractivity contribution < 1.29 is 8.42 Å². The fraction of sp³-hybridized carbons (Fsp3) is 0.182. The van der Waals surface area contributed by atoms with Crippen LogP contribution in [0.15, 0.2) is 33.6 Å². The normalized spacial score (nSPS) is 11.8. The quantitative estimate of drug-likeness (QED) is 0.837. The number of benzene rings is 1. The van der Waals surface area contributed by atoms with Crippen molar-refractivity contribution in [2.45, 2.75) is 18.7 Å². The molecule has 4 nitrogen and oxygen atoms in total.